The van der Waals surface area contributed by atoms with Crippen LogP contribution in [0.2, 0.25) is 5.02 Å². The fourth-order valence-corrected chi connectivity index (χ4v) is 2.90. The molecule has 0 aliphatic heterocycles. The second-order valence-electron chi connectivity index (χ2n) is 4.52. The maximum absolute atomic E-state index is 6.25. The van der Waals surface area contributed by atoms with Gasteiger partial charge in [-0.05, 0) is 48.9 Å². The highest BCUT2D eigenvalue weighted by Gasteiger charge is 2.15. The standard InChI is InChI=1S/C16H17BrClNO/c1-19-16(9-11-5-3-4-6-15(11)18)13-10-12(20-2)7-8-14(13)17/h3-8,10,16,19H,9H2,1-2H3. The molecule has 2 aromatic rings. The van der Waals surface area contributed by atoms with Crippen molar-refractivity contribution in [2.45, 2.75) is 12.5 Å². The smallest absolute Gasteiger partial charge is 0.119 e. The molecule has 20 heavy (non-hydrogen) atoms. The summed E-state index contributed by atoms with van der Waals surface area (Å²) in [6, 6.07) is 14.1. The van der Waals surface area contributed by atoms with Crippen molar-refractivity contribution in [2.75, 3.05) is 14.2 Å². The van der Waals surface area contributed by atoms with Crippen molar-refractivity contribution in [1.29, 1.82) is 0 Å². The molecule has 0 saturated heterocycles. The Morgan fingerprint density at radius 1 is 1.25 bits per heavy atom. The van der Waals surface area contributed by atoms with Crippen LogP contribution in [-0.2, 0) is 6.42 Å². The third-order valence-electron chi connectivity index (χ3n) is 3.31. The Bertz CT molecular complexity index is 588. The molecule has 1 atom stereocenters. The number of likely N-dealkylation sites (N-methyl/N-ethyl adjacent to an activating group) is 1. The van der Waals surface area contributed by atoms with Gasteiger partial charge in [0, 0.05) is 15.5 Å². The van der Waals surface area contributed by atoms with Crippen LogP contribution in [0.1, 0.15) is 17.2 Å². The number of benzene rings is 2. The molecule has 0 radical (unpaired) electrons. The predicted molar refractivity (Wildman–Crippen MR) is 87.7 cm³/mol. The van der Waals surface area contributed by atoms with Gasteiger partial charge in [0.15, 0.2) is 0 Å². The van der Waals surface area contributed by atoms with E-state index in [9.17, 15) is 0 Å². The summed E-state index contributed by atoms with van der Waals surface area (Å²) in [6.45, 7) is 0. The molecule has 0 saturated carbocycles. The van der Waals surface area contributed by atoms with E-state index in [4.69, 9.17) is 16.3 Å². The SMILES string of the molecule is CNC(Cc1ccccc1Cl)c1cc(OC)ccc1Br. The maximum atomic E-state index is 6.25. The Morgan fingerprint density at radius 3 is 2.65 bits per heavy atom. The minimum atomic E-state index is 0.166. The summed E-state index contributed by atoms with van der Waals surface area (Å²) >= 11 is 9.85. The van der Waals surface area contributed by atoms with Crippen LogP contribution in [0.15, 0.2) is 46.9 Å². The molecule has 0 aliphatic carbocycles. The van der Waals surface area contributed by atoms with Gasteiger partial charge >= 0.3 is 0 Å². The summed E-state index contributed by atoms with van der Waals surface area (Å²) in [5, 5.41) is 4.14. The van der Waals surface area contributed by atoms with Crippen molar-refractivity contribution in [1.82, 2.24) is 5.32 Å². The van der Waals surface area contributed by atoms with Gasteiger partial charge < -0.3 is 10.1 Å². The van der Waals surface area contributed by atoms with Gasteiger partial charge in [-0.3, -0.25) is 0 Å². The van der Waals surface area contributed by atoms with Gasteiger partial charge in [0.05, 0.1) is 7.11 Å². The fourth-order valence-electron chi connectivity index (χ4n) is 2.17. The Balaban J connectivity index is 2.31. The van der Waals surface area contributed by atoms with Gasteiger partial charge in [0.2, 0.25) is 0 Å². The van der Waals surface area contributed by atoms with E-state index in [2.05, 4.69) is 27.3 Å². The molecule has 2 aromatic carbocycles. The first-order chi connectivity index (χ1) is 9.65. The second-order valence-corrected chi connectivity index (χ2v) is 5.79. The van der Waals surface area contributed by atoms with E-state index >= 15 is 0 Å². The first kappa shape index (κ1) is 15.4. The molecule has 106 valence electrons. The first-order valence-electron chi connectivity index (χ1n) is 6.39. The van der Waals surface area contributed by atoms with Gasteiger partial charge in [-0.2, -0.15) is 0 Å². The molecule has 0 bridgehead atoms. The zero-order valence-corrected chi connectivity index (χ0v) is 13.8. The van der Waals surface area contributed by atoms with E-state index in [1.54, 1.807) is 7.11 Å². The molecule has 2 nitrogen and oxygen atoms in total. The number of hydrogen-bond donors (Lipinski definition) is 1. The average Bonchev–Trinajstić information content (AvgIpc) is 2.47. The van der Waals surface area contributed by atoms with Crippen LogP contribution >= 0.6 is 27.5 Å². The highest BCUT2D eigenvalue weighted by atomic mass is 79.9. The van der Waals surface area contributed by atoms with E-state index in [0.29, 0.717) is 0 Å². The van der Waals surface area contributed by atoms with Gasteiger partial charge in [-0.25, -0.2) is 0 Å². The third-order valence-corrected chi connectivity index (χ3v) is 4.40. The zero-order chi connectivity index (χ0) is 14.5. The number of nitrogens with one attached hydrogen (secondary N) is 1. The van der Waals surface area contributed by atoms with Crippen molar-refractivity contribution in [3.8, 4) is 5.75 Å². The van der Waals surface area contributed by atoms with E-state index in [1.165, 1.54) is 0 Å². The average molecular weight is 355 g/mol. The van der Waals surface area contributed by atoms with E-state index in [-0.39, 0.29) is 6.04 Å². The third kappa shape index (κ3) is 3.54. The minimum absolute atomic E-state index is 0.166. The minimum Gasteiger partial charge on any atom is -0.497 e. The van der Waals surface area contributed by atoms with E-state index in [0.717, 1.165) is 32.8 Å². The van der Waals surface area contributed by atoms with Gasteiger partial charge in [-0.1, -0.05) is 45.7 Å². The summed E-state index contributed by atoms with van der Waals surface area (Å²) in [5.74, 6) is 0.850. The van der Waals surface area contributed by atoms with E-state index < -0.39 is 0 Å². The Hall–Kier alpha value is -1.03. The number of hydrogen-bond acceptors (Lipinski definition) is 2. The topological polar surface area (TPSA) is 21.3 Å². The maximum Gasteiger partial charge on any atom is 0.119 e. The number of rotatable bonds is 5. The lowest BCUT2D eigenvalue weighted by Gasteiger charge is -2.19. The fraction of sp³-hybridized carbons (Fsp3) is 0.250. The Morgan fingerprint density at radius 2 is 2.00 bits per heavy atom. The van der Waals surface area contributed by atoms with Crippen LogP contribution in [-0.4, -0.2) is 14.2 Å². The molecule has 0 aliphatic rings. The lowest BCUT2D eigenvalue weighted by Crippen LogP contribution is -2.19. The van der Waals surface area contributed by atoms with Crippen LogP contribution in [0.5, 0.6) is 5.75 Å². The van der Waals surface area contributed by atoms with Crippen molar-refractivity contribution in [3.63, 3.8) is 0 Å². The second kappa shape index (κ2) is 7.11. The highest BCUT2D eigenvalue weighted by molar-refractivity contribution is 9.10. The predicted octanol–water partition coefficient (Wildman–Crippen LogP) is 4.61. The van der Waals surface area contributed by atoms with Crippen molar-refractivity contribution in [2.24, 2.45) is 0 Å². The number of halogens is 2. The summed E-state index contributed by atoms with van der Waals surface area (Å²) in [6.07, 6.45) is 0.821. The molecule has 0 amide bonds. The van der Waals surface area contributed by atoms with Crippen LogP contribution in [0.25, 0.3) is 0 Å². The summed E-state index contributed by atoms with van der Waals surface area (Å²) in [7, 11) is 3.63. The summed E-state index contributed by atoms with van der Waals surface area (Å²) in [5.41, 5.74) is 2.29. The Kier molecular flexibility index (Phi) is 5.46. The van der Waals surface area contributed by atoms with Crippen molar-refractivity contribution >= 4 is 27.5 Å². The van der Waals surface area contributed by atoms with Crippen LogP contribution in [0, 0.1) is 0 Å². The summed E-state index contributed by atoms with van der Waals surface area (Å²) < 4.78 is 6.36. The largest absolute Gasteiger partial charge is 0.497 e. The molecule has 4 heteroatoms. The lowest BCUT2D eigenvalue weighted by molar-refractivity contribution is 0.413. The lowest BCUT2D eigenvalue weighted by atomic mass is 9.99. The first-order valence-corrected chi connectivity index (χ1v) is 7.57. The van der Waals surface area contributed by atoms with Crippen LogP contribution in [0.4, 0.5) is 0 Å². The molecule has 0 heterocycles. The van der Waals surface area contributed by atoms with Crippen molar-refractivity contribution < 1.29 is 4.74 Å². The van der Waals surface area contributed by atoms with E-state index in [1.807, 2.05) is 43.4 Å². The Labute approximate surface area is 133 Å². The molecule has 2 rings (SSSR count). The number of methoxy groups -OCH3 is 1. The molecule has 0 spiro atoms. The molecular formula is C16H17BrClNO. The van der Waals surface area contributed by atoms with Crippen molar-refractivity contribution in [3.05, 3.63) is 63.1 Å². The van der Waals surface area contributed by atoms with Crippen LogP contribution in [0.3, 0.4) is 0 Å². The summed E-state index contributed by atoms with van der Waals surface area (Å²) in [4.78, 5) is 0. The zero-order valence-electron chi connectivity index (χ0n) is 11.5. The monoisotopic (exact) mass is 353 g/mol. The highest BCUT2D eigenvalue weighted by Crippen LogP contribution is 2.31. The molecule has 0 aromatic heterocycles. The van der Waals surface area contributed by atoms with Gasteiger partial charge in [-0.15, -0.1) is 0 Å². The quantitative estimate of drug-likeness (QED) is 0.846. The molecule has 1 unspecified atom stereocenters. The van der Waals surface area contributed by atoms with Gasteiger partial charge in [0.25, 0.3) is 0 Å². The molecular weight excluding hydrogens is 338 g/mol. The van der Waals surface area contributed by atoms with Crippen LogP contribution < -0.4 is 10.1 Å². The number of ether oxygens (including phenoxy) is 1. The normalized spacial score (nSPS) is 12.2. The van der Waals surface area contributed by atoms with Gasteiger partial charge in [0.1, 0.15) is 5.75 Å². The molecule has 1 N–H and O–H groups in total. The molecule has 0 fully saturated rings.